The fourth-order valence-electron chi connectivity index (χ4n) is 1.09. The molecule has 0 bridgehead atoms. The lowest BCUT2D eigenvalue weighted by Gasteiger charge is -1.92. The smallest absolute Gasteiger partial charge is 0.311 e. The van der Waals surface area contributed by atoms with Crippen LogP contribution in [0.15, 0.2) is 0 Å². The maximum atomic E-state index is 10.4. The molecule has 5 nitrogen and oxygen atoms in total. The maximum Gasteiger partial charge on any atom is 0.311 e. The number of carboxylic acid groups (broad SMARTS) is 1. The van der Waals surface area contributed by atoms with Crippen LogP contribution in [0.25, 0.3) is 0 Å². The Morgan fingerprint density at radius 3 is 2.85 bits per heavy atom. The second-order valence-corrected chi connectivity index (χ2v) is 2.89. The molecule has 0 aromatic carbocycles. The number of carbonyl (C=O) groups is 1. The molecule has 0 aliphatic carbocycles. The first-order chi connectivity index (χ1) is 6.13. The van der Waals surface area contributed by atoms with Crippen LogP contribution in [0.4, 0.5) is 0 Å². The van der Waals surface area contributed by atoms with Gasteiger partial charge in [0.15, 0.2) is 5.82 Å². The van der Waals surface area contributed by atoms with Gasteiger partial charge in [0, 0.05) is 13.5 Å². The molecule has 1 heterocycles. The minimum absolute atomic E-state index is 0.0623. The van der Waals surface area contributed by atoms with Crippen molar-refractivity contribution in [3.05, 3.63) is 11.6 Å². The van der Waals surface area contributed by atoms with Crippen LogP contribution in [-0.4, -0.2) is 25.8 Å². The standard InChI is InChI=1S/C8H13N3O2/c1-3-4-6-9-7(5-8(12)13)11(2)10-6/h3-5H2,1-2H3,(H,12,13). The number of aromatic nitrogens is 3. The summed E-state index contributed by atoms with van der Waals surface area (Å²) in [7, 11) is 1.71. The van der Waals surface area contributed by atoms with Crippen molar-refractivity contribution in [3.8, 4) is 0 Å². The summed E-state index contributed by atoms with van der Waals surface area (Å²) < 4.78 is 1.53. The minimum atomic E-state index is -0.876. The van der Waals surface area contributed by atoms with E-state index < -0.39 is 5.97 Å². The summed E-state index contributed by atoms with van der Waals surface area (Å²) in [5, 5.41) is 12.6. The molecule has 1 aromatic heterocycles. The van der Waals surface area contributed by atoms with Crippen LogP contribution in [0.5, 0.6) is 0 Å². The number of carboxylic acids is 1. The highest BCUT2D eigenvalue weighted by molar-refractivity contribution is 5.68. The fraction of sp³-hybridized carbons (Fsp3) is 0.625. The molecule has 0 saturated carbocycles. The number of aliphatic carboxylic acids is 1. The van der Waals surface area contributed by atoms with Crippen molar-refractivity contribution in [3.63, 3.8) is 0 Å². The Bertz CT molecular complexity index is 306. The van der Waals surface area contributed by atoms with Crippen molar-refractivity contribution in [1.29, 1.82) is 0 Å². The summed E-state index contributed by atoms with van der Waals surface area (Å²) in [5.74, 6) is 0.357. The summed E-state index contributed by atoms with van der Waals surface area (Å²) in [6, 6.07) is 0. The highest BCUT2D eigenvalue weighted by Gasteiger charge is 2.09. The van der Waals surface area contributed by atoms with Gasteiger partial charge in [0.05, 0.1) is 0 Å². The first-order valence-electron chi connectivity index (χ1n) is 4.24. The monoisotopic (exact) mass is 183 g/mol. The zero-order valence-corrected chi connectivity index (χ0v) is 7.82. The summed E-state index contributed by atoms with van der Waals surface area (Å²) in [6.07, 6.45) is 1.71. The topological polar surface area (TPSA) is 68.0 Å². The summed E-state index contributed by atoms with van der Waals surface area (Å²) >= 11 is 0. The zero-order valence-electron chi connectivity index (χ0n) is 7.82. The Morgan fingerprint density at radius 1 is 1.62 bits per heavy atom. The largest absolute Gasteiger partial charge is 0.481 e. The summed E-state index contributed by atoms with van der Waals surface area (Å²) in [5.41, 5.74) is 0. The van der Waals surface area contributed by atoms with Gasteiger partial charge in [0.2, 0.25) is 0 Å². The van der Waals surface area contributed by atoms with E-state index in [4.69, 9.17) is 5.11 Å². The third-order valence-corrected chi connectivity index (χ3v) is 1.68. The lowest BCUT2D eigenvalue weighted by Crippen LogP contribution is -2.06. The molecule has 0 spiro atoms. The van der Waals surface area contributed by atoms with Gasteiger partial charge in [-0.3, -0.25) is 9.48 Å². The Morgan fingerprint density at radius 2 is 2.31 bits per heavy atom. The van der Waals surface area contributed by atoms with Crippen molar-refractivity contribution < 1.29 is 9.90 Å². The molecule has 1 aromatic rings. The van der Waals surface area contributed by atoms with E-state index >= 15 is 0 Å². The third kappa shape index (κ3) is 2.54. The van der Waals surface area contributed by atoms with Crippen LogP contribution >= 0.6 is 0 Å². The molecule has 0 aliphatic rings. The van der Waals surface area contributed by atoms with E-state index in [1.165, 1.54) is 4.68 Å². The number of rotatable bonds is 4. The summed E-state index contributed by atoms with van der Waals surface area (Å²) in [6.45, 7) is 2.03. The van der Waals surface area contributed by atoms with Crippen molar-refractivity contribution in [2.45, 2.75) is 26.2 Å². The van der Waals surface area contributed by atoms with E-state index in [9.17, 15) is 4.79 Å². The highest BCUT2D eigenvalue weighted by atomic mass is 16.4. The second-order valence-electron chi connectivity index (χ2n) is 2.89. The van der Waals surface area contributed by atoms with E-state index in [0.29, 0.717) is 5.82 Å². The molecular weight excluding hydrogens is 170 g/mol. The van der Waals surface area contributed by atoms with Crippen LogP contribution in [0, 0.1) is 0 Å². The molecule has 0 unspecified atom stereocenters. The zero-order chi connectivity index (χ0) is 9.84. The Labute approximate surface area is 76.4 Å². The molecule has 0 atom stereocenters. The Balaban J connectivity index is 2.77. The van der Waals surface area contributed by atoms with E-state index in [-0.39, 0.29) is 6.42 Å². The van der Waals surface area contributed by atoms with Crippen molar-refractivity contribution in [2.24, 2.45) is 7.05 Å². The lowest BCUT2D eigenvalue weighted by atomic mass is 10.3. The number of hydrogen-bond donors (Lipinski definition) is 1. The van der Waals surface area contributed by atoms with Gasteiger partial charge >= 0.3 is 5.97 Å². The molecule has 0 fully saturated rings. The van der Waals surface area contributed by atoms with E-state index in [0.717, 1.165) is 18.7 Å². The Kier molecular flexibility index (Phi) is 3.00. The average molecular weight is 183 g/mol. The first-order valence-corrected chi connectivity index (χ1v) is 4.24. The molecule has 1 rings (SSSR count). The molecule has 1 N–H and O–H groups in total. The van der Waals surface area contributed by atoms with Crippen LogP contribution in [-0.2, 0) is 24.7 Å². The van der Waals surface area contributed by atoms with Crippen molar-refractivity contribution in [2.75, 3.05) is 0 Å². The van der Waals surface area contributed by atoms with E-state index in [1.807, 2.05) is 6.92 Å². The Hall–Kier alpha value is -1.39. The number of aryl methyl sites for hydroxylation is 2. The predicted molar refractivity (Wildman–Crippen MR) is 46.3 cm³/mol. The van der Waals surface area contributed by atoms with Gasteiger partial charge in [-0.25, -0.2) is 4.98 Å². The van der Waals surface area contributed by atoms with Crippen LogP contribution < -0.4 is 0 Å². The van der Waals surface area contributed by atoms with Crippen LogP contribution in [0.1, 0.15) is 25.0 Å². The first kappa shape index (κ1) is 9.70. The second kappa shape index (κ2) is 4.02. The van der Waals surface area contributed by atoms with Gasteiger partial charge in [-0.05, 0) is 6.42 Å². The lowest BCUT2D eigenvalue weighted by molar-refractivity contribution is -0.136. The molecule has 0 saturated heterocycles. The van der Waals surface area contributed by atoms with Crippen LogP contribution in [0.3, 0.4) is 0 Å². The molecule has 72 valence electrons. The highest BCUT2D eigenvalue weighted by Crippen LogP contribution is 2.00. The third-order valence-electron chi connectivity index (χ3n) is 1.68. The van der Waals surface area contributed by atoms with Gasteiger partial charge in [-0.15, -0.1) is 0 Å². The van der Waals surface area contributed by atoms with Crippen molar-refractivity contribution >= 4 is 5.97 Å². The van der Waals surface area contributed by atoms with Gasteiger partial charge in [0.1, 0.15) is 12.2 Å². The summed E-state index contributed by atoms with van der Waals surface area (Å²) in [4.78, 5) is 14.5. The average Bonchev–Trinajstić information content (AvgIpc) is 2.31. The number of hydrogen-bond acceptors (Lipinski definition) is 3. The molecule has 0 aliphatic heterocycles. The van der Waals surface area contributed by atoms with Gasteiger partial charge < -0.3 is 5.11 Å². The molecule has 13 heavy (non-hydrogen) atoms. The van der Waals surface area contributed by atoms with Crippen LogP contribution in [0.2, 0.25) is 0 Å². The number of nitrogens with zero attached hydrogens (tertiary/aromatic N) is 3. The van der Waals surface area contributed by atoms with Gasteiger partial charge in [-0.1, -0.05) is 6.92 Å². The van der Waals surface area contributed by atoms with E-state index in [2.05, 4.69) is 10.1 Å². The normalized spacial score (nSPS) is 10.3. The predicted octanol–water partition coefficient (Wildman–Crippen LogP) is 0.395. The van der Waals surface area contributed by atoms with Gasteiger partial charge in [0.25, 0.3) is 0 Å². The molecule has 0 amide bonds. The van der Waals surface area contributed by atoms with Gasteiger partial charge in [-0.2, -0.15) is 5.10 Å². The minimum Gasteiger partial charge on any atom is -0.481 e. The maximum absolute atomic E-state index is 10.4. The van der Waals surface area contributed by atoms with E-state index in [1.54, 1.807) is 7.05 Å². The quantitative estimate of drug-likeness (QED) is 0.733. The molecule has 0 radical (unpaired) electrons. The molecule has 5 heteroatoms. The molecular formula is C8H13N3O2. The SMILES string of the molecule is CCCc1nc(CC(=O)O)n(C)n1. The fourth-order valence-corrected chi connectivity index (χ4v) is 1.09. The van der Waals surface area contributed by atoms with Crippen molar-refractivity contribution in [1.82, 2.24) is 14.8 Å².